The fraction of sp³-hybridized carbons (Fsp3) is 0.263. The molecule has 0 unspecified atom stereocenters. The van der Waals surface area contributed by atoms with E-state index in [1.54, 1.807) is 23.5 Å². The van der Waals surface area contributed by atoms with Crippen LogP contribution in [0.1, 0.15) is 34.8 Å². The summed E-state index contributed by atoms with van der Waals surface area (Å²) in [5.41, 5.74) is 2.32. The fourth-order valence-electron chi connectivity index (χ4n) is 3.23. The van der Waals surface area contributed by atoms with E-state index in [-0.39, 0.29) is 11.7 Å². The summed E-state index contributed by atoms with van der Waals surface area (Å²) in [6, 6.07) is 9.89. The van der Waals surface area contributed by atoms with Gasteiger partial charge in [-0.3, -0.25) is 14.2 Å². The topological polar surface area (TPSA) is 76.9 Å². The van der Waals surface area contributed by atoms with Gasteiger partial charge in [0.25, 0.3) is 0 Å². The van der Waals surface area contributed by atoms with Gasteiger partial charge in [-0.25, -0.2) is 0 Å². The van der Waals surface area contributed by atoms with Gasteiger partial charge in [0, 0.05) is 17.3 Å². The molecule has 6 nitrogen and oxygen atoms in total. The van der Waals surface area contributed by atoms with Crippen molar-refractivity contribution in [2.75, 3.05) is 11.1 Å². The summed E-state index contributed by atoms with van der Waals surface area (Å²) in [6.07, 6.45) is 2.59. The number of nitrogens with zero attached hydrogens (tertiary/aromatic N) is 3. The lowest BCUT2D eigenvalue weighted by atomic mass is 10.1. The molecule has 3 aromatic rings. The summed E-state index contributed by atoms with van der Waals surface area (Å²) in [5, 5.41) is 14.3. The van der Waals surface area contributed by atoms with Gasteiger partial charge in [-0.15, -0.1) is 21.5 Å². The Morgan fingerprint density at radius 1 is 1.30 bits per heavy atom. The van der Waals surface area contributed by atoms with Crippen LogP contribution in [0.3, 0.4) is 0 Å². The van der Waals surface area contributed by atoms with Gasteiger partial charge in [0.1, 0.15) is 0 Å². The standard InChI is InChI=1S/C19H16N4O2S2/c24-15(11-3-6-14-12(8-11)9-17(25)20-14)10-27-19-22-21-18(16-2-1-7-26-16)23(19)13-4-5-13/h1-3,6-8,13H,4-5,9-10H2,(H,20,25). The summed E-state index contributed by atoms with van der Waals surface area (Å²) in [4.78, 5) is 25.2. The van der Waals surface area contributed by atoms with Crippen LogP contribution in [0.2, 0.25) is 0 Å². The predicted molar refractivity (Wildman–Crippen MR) is 105 cm³/mol. The highest BCUT2D eigenvalue weighted by Gasteiger charge is 2.30. The van der Waals surface area contributed by atoms with E-state index in [0.29, 0.717) is 23.8 Å². The van der Waals surface area contributed by atoms with Crippen molar-refractivity contribution in [2.24, 2.45) is 0 Å². The normalized spacial score (nSPS) is 15.6. The monoisotopic (exact) mass is 396 g/mol. The lowest BCUT2D eigenvalue weighted by Gasteiger charge is -2.08. The van der Waals surface area contributed by atoms with E-state index in [0.717, 1.165) is 40.0 Å². The Bertz CT molecular complexity index is 1040. The highest BCUT2D eigenvalue weighted by molar-refractivity contribution is 7.99. The third kappa shape index (κ3) is 3.19. The Balaban J connectivity index is 1.34. The minimum Gasteiger partial charge on any atom is -0.326 e. The summed E-state index contributed by atoms with van der Waals surface area (Å²) in [7, 11) is 0. The van der Waals surface area contributed by atoms with Crippen molar-refractivity contribution in [1.29, 1.82) is 0 Å². The molecule has 1 fully saturated rings. The van der Waals surface area contributed by atoms with Crippen LogP contribution >= 0.6 is 23.1 Å². The van der Waals surface area contributed by atoms with Gasteiger partial charge in [-0.05, 0) is 48.1 Å². The predicted octanol–water partition coefficient (Wildman–Crippen LogP) is 3.81. The van der Waals surface area contributed by atoms with Crippen LogP contribution in [0.25, 0.3) is 10.7 Å². The summed E-state index contributed by atoms with van der Waals surface area (Å²) < 4.78 is 2.18. The first-order chi connectivity index (χ1) is 13.2. The molecule has 1 N–H and O–H groups in total. The first-order valence-corrected chi connectivity index (χ1v) is 10.6. The maximum atomic E-state index is 12.7. The molecule has 136 valence electrons. The number of benzene rings is 1. The third-order valence-electron chi connectivity index (χ3n) is 4.70. The van der Waals surface area contributed by atoms with E-state index in [1.165, 1.54) is 11.8 Å². The minimum atomic E-state index is -0.0254. The molecular weight excluding hydrogens is 380 g/mol. The Labute approximate surface area is 164 Å². The number of thioether (sulfide) groups is 1. The Morgan fingerprint density at radius 3 is 2.96 bits per heavy atom. The largest absolute Gasteiger partial charge is 0.326 e. The van der Waals surface area contributed by atoms with E-state index in [1.807, 2.05) is 23.6 Å². The Morgan fingerprint density at radius 2 is 2.19 bits per heavy atom. The number of ketones is 1. The average Bonchev–Trinajstić information content (AvgIpc) is 3.08. The minimum absolute atomic E-state index is 0.0254. The van der Waals surface area contributed by atoms with Gasteiger partial charge in [0.05, 0.1) is 17.1 Å². The molecule has 1 amide bonds. The average molecular weight is 396 g/mol. The first-order valence-electron chi connectivity index (χ1n) is 8.76. The number of Topliss-reactive ketones (excluding diaryl/α,β-unsaturated/α-hetero) is 1. The number of carbonyl (C=O) groups is 2. The zero-order valence-corrected chi connectivity index (χ0v) is 16.0. The van der Waals surface area contributed by atoms with Gasteiger partial charge >= 0.3 is 0 Å². The number of hydrogen-bond donors (Lipinski definition) is 1. The molecule has 8 heteroatoms. The number of nitrogens with one attached hydrogen (secondary N) is 1. The van der Waals surface area contributed by atoms with E-state index in [9.17, 15) is 9.59 Å². The van der Waals surface area contributed by atoms with E-state index in [4.69, 9.17) is 0 Å². The number of aromatic nitrogens is 3. The Kier molecular flexibility index (Phi) is 4.09. The fourth-order valence-corrected chi connectivity index (χ4v) is 4.83. The van der Waals surface area contributed by atoms with Crippen molar-refractivity contribution in [3.63, 3.8) is 0 Å². The first kappa shape index (κ1) is 16.7. The highest BCUT2D eigenvalue weighted by atomic mass is 32.2. The molecule has 0 atom stereocenters. The molecule has 1 saturated carbocycles. The SMILES string of the molecule is O=C1Cc2cc(C(=O)CSc3nnc(-c4cccs4)n3C3CC3)ccc2N1. The second-order valence-corrected chi connectivity index (χ2v) is 8.58. The number of carbonyl (C=O) groups excluding carboxylic acids is 2. The summed E-state index contributed by atoms with van der Waals surface area (Å²) in [5.74, 6) is 1.20. The van der Waals surface area contributed by atoms with Crippen molar-refractivity contribution >= 4 is 40.5 Å². The smallest absolute Gasteiger partial charge is 0.228 e. The van der Waals surface area contributed by atoms with Crippen LogP contribution < -0.4 is 5.32 Å². The molecule has 0 spiro atoms. The maximum absolute atomic E-state index is 12.7. The van der Waals surface area contributed by atoms with Crippen LogP contribution in [-0.4, -0.2) is 32.2 Å². The molecule has 1 aliphatic heterocycles. The zero-order valence-electron chi connectivity index (χ0n) is 14.3. The second-order valence-electron chi connectivity index (χ2n) is 6.69. The summed E-state index contributed by atoms with van der Waals surface area (Å²) in [6.45, 7) is 0. The molecule has 3 heterocycles. The van der Waals surface area contributed by atoms with Gasteiger partial charge in [0.15, 0.2) is 16.8 Å². The summed E-state index contributed by atoms with van der Waals surface area (Å²) >= 11 is 3.08. The van der Waals surface area contributed by atoms with E-state index >= 15 is 0 Å². The lowest BCUT2D eigenvalue weighted by Crippen LogP contribution is -2.05. The molecule has 0 radical (unpaired) electrons. The molecule has 27 heavy (non-hydrogen) atoms. The number of amides is 1. The lowest BCUT2D eigenvalue weighted by molar-refractivity contribution is -0.115. The highest BCUT2D eigenvalue weighted by Crippen LogP contribution is 2.41. The molecule has 5 rings (SSSR count). The Hall–Kier alpha value is -2.45. The molecule has 0 saturated heterocycles. The van der Waals surface area contributed by atoms with Crippen molar-refractivity contribution in [2.45, 2.75) is 30.5 Å². The van der Waals surface area contributed by atoms with Crippen molar-refractivity contribution in [3.8, 4) is 10.7 Å². The van der Waals surface area contributed by atoms with Crippen LogP contribution in [-0.2, 0) is 11.2 Å². The molecular formula is C19H16N4O2S2. The van der Waals surface area contributed by atoms with Crippen LogP contribution in [0, 0.1) is 0 Å². The van der Waals surface area contributed by atoms with Gasteiger partial charge in [-0.2, -0.15) is 0 Å². The molecule has 0 bridgehead atoms. The number of rotatable bonds is 6. The zero-order chi connectivity index (χ0) is 18.4. The van der Waals surface area contributed by atoms with Gasteiger partial charge < -0.3 is 5.32 Å². The maximum Gasteiger partial charge on any atom is 0.228 e. The van der Waals surface area contributed by atoms with Crippen molar-refractivity contribution < 1.29 is 9.59 Å². The molecule has 1 aliphatic carbocycles. The van der Waals surface area contributed by atoms with E-state index in [2.05, 4.69) is 20.1 Å². The van der Waals surface area contributed by atoms with Gasteiger partial charge in [-0.1, -0.05) is 17.8 Å². The number of hydrogen-bond acceptors (Lipinski definition) is 6. The molecule has 2 aromatic heterocycles. The number of anilines is 1. The second kappa shape index (κ2) is 6.61. The van der Waals surface area contributed by atoms with Crippen LogP contribution in [0.4, 0.5) is 5.69 Å². The third-order valence-corrected chi connectivity index (χ3v) is 6.51. The van der Waals surface area contributed by atoms with E-state index < -0.39 is 0 Å². The van der Waals surface area contributed by atoms with Crippen LogP contribution in [0.15, 0.2) is 40.9 Å². The van der Waals surface area contributed by atoms with Gasteiger partial charge in [0.2, 0.25) is 5.91 Å². The molecule has 1 aromatic carbocycles. The van der Waals surface area contributed by atoms with Crippen LogP contribution in [0.5, 0.6) is 0 Å². The van der Waals surface area contributed by atoms with Crippen molar-refractivity contribution in [1.82, 2.24) is 14.8 Å². The molecule has 2 aliphatic rings. The quantitative estimate of drug-likeness (QED) is 0.506. The van der Waals surface area contributed by atoms with Crippen molar-refractivity contribution in [3.05, 3.63) is 46.8 Å². The number of thiophene rings is 1. The number of fused-ring (bicyclic) bond motifs is 1.